The van der Waals surface area contributed by atoms with Gasteiger partial charge in [0.25, 0.3) is 0 Å². The molecule has 1 aliphatic rings. The summed E-state index contributed by atoms with van der Waals surface area (Å²) >= 11 is 0. The molecule has 17 heavy (non-hydrogen) atoms. The second kappa shape index (κ2) is 6.18. The van der Waals surface area contributed by atoms with Crippen molar-refractivity contribution in [2.75, 3.05) is 32.7 Å². The topological polar surface area (TPSA) is 15.3 Å². The van der Waals surface area contributed by atoms with Gasteiger partial charge in [-0.05, 0) is 37.9 Å². The Morgan fingerprint density at radius 3 is 3.00 bits per heavy atom. The van der Waals surface area contributed by atoms with Gasteiger partial charge >= 0.3 is 0 Å². The van der Waals surface area contributed by atoms with Crippen molar-refractivity contribution in [2.45, 2.75) is 26.2 Å². The van der Waals surface area contributed by atoms with Crippen LogP contribution in [0.15, 0.2) is 24.3 Å². The maximum atomic E-state index is 3.46. The smallest absolute Gasteiger partial charge is 0.0107 e. The summed E-state index contributed by atoms with van der Waals surface area (Å²) in [6, 6.07) is 8.92. The summed E-state index contributed by atoms with van der Waals surface area (Å²) in [6.45, 7) is 10.4. The predicted molar refractivity (Wildman–Crippen MR) is 73.5 cm³/mol. The first-order valence-electron chi connectivity index (χ1n) is 6.75. The van der Waals surface area contributed by atoms with E-state index in [2.05, 4.69) is 48.3 Å². The highest BCUT2D eigenvalue weighted by atomic mass is 15.1. The fourth-order valence-corrected chi connectivity index (χ4v) is 2.55. The van der Waals surface area contributed by atoms with Crippen LogP contribution in [0.4, 0.5) is 0 Å². The Morgan fingerprint density at radius 2 is 2.18 bits per heavy atom. The summed E-state index contributed by atoms with van der Waals surface area (Å²) in [5.74, 6) is 0.632. The molecule has 1 atom stereocenters. The number of nitrogens with one attached hydrogen (secondary N) is 1. The van der Waals surface area contributed by atoms with E-state index in [4.69, 9.17) is 0 Å². The van der Waals surface area contributed by atoms with Crippen LogP contribution >= 0.6 is 0 Å². The van der Waals surface area contributed by atoms with Gasteiger partial charge in [0.2, 0.25) is 0 Å². The van der Waals surface area contributed by atoms with Gasteiger partial charge < -0.3 is 10.2 Å². The lowest BCUT2D eigenvalue weighted by molar-refractivity contribution is 0.278. The van der Waals surface area contributed by atoms with Gasteiger partial charge in [0.1, 0.15) is 0 Å². The van der Waals surface area contributed by atoms with E-state index in [1.807, 2.05) is 0 Å². The van der Waals surface area contributed by atoms with Crippen molar-refractivity contribution in [3.8, 4) is 0 Å². The van der Waals surface area contributed by atoms with Crippen molar-refractivity contribution >= 4 is 0 Å². The first-order valence-corrected chi connectivity index (χ1v) is 6.75. The molecule has 2 nitrogen and oxygen atoms in total. The molecule has 0 spiro atoms. The van der Waals surface area contributed by atoms with Crippen molar-refractivity contribution in [1.29, 1.82) is 0 Å². The summed E-state index contributed by atoms with van der Waals surface area (Å²) in [4.78, 5) is 2.59. The third kappa shape index (κ3) is 3.83. The van der Waals surface area contributed by atoms with E-state index < -0.39 is 0 Å². The molecule has 0 aliphatic carbocycles. The second-order valence-electron chi connectivity index (χ2n) is 5.22. The van der Waals surface area contributed by atoms with Crippen LogP contribution in [0, 0.1) is 6.92 Å². The second-order valence-corrected chi connectivity index (χ2v) is 5.22. The van der Waals surface area contributed by atoms with E-state index in [-0.39, 0.29) is 0 Å². The normalized spacial score (nSPS) is 19.9. The SMILES string of the molecule is Cc1cccc(C(C)CN2CCCNCC2)c1. The highest BCUT2D eigenvalue weighted by molar-refractivity contribution is 5.25. The average molecular weight is 232 g/mol. The molecule has 0 amide bonds. The Kier molecular flexibility index (Phi) is 4.57. The number of hydrogen-bond acceptors (Lipinski definition) is 2. The van der Waals surface area contributed by atoms with Crippen molar-refractivity contribution < 1.29 is 0 Å². The Labute approximate surface area is 105 Å². The van der Waals surface area contributed by atoms with Gasteiger partial charge in [-0.3, -0.25) is 0 Å². The zero-order valence-corrected chi connectivity index (χ0v) is 11.1. The first-order chi connectivity index (χ1) is 8.25. The van der Waals surface area contributed by atoms with Crippen molar-refractivity contribution in [1.82, 2.24) is 10.2 Å². The Bertz CT molecular complexity index is 341. The maximum absolute atomic E-state index is 3.46. The minimum Gasteiger partial charge on any atom is -0.315 e. The van der Waals surface area contributed by atoms with E-state index in [0.717, 1.165) is 6.54 Å². The molecule has 1 N–H and O–H groups in total. The molecule has 0 aromatic heterocycles. The van der Waals surface area contributed by atoms with Crippen LogP contribution in [0.3, 0.4) is 0 Å². The molecule has 1 unspecified atom stereocenters. The molecule has 2 rings (SSSR count). The van der Waals surface area contributed by atoms with Crippen LogP contribution < -0.4 is 5.32 Å². The lowest BCUT2D eigenvalue weighted by Crippen LogP contribution is -2.31. The summed E-state index contributed by atoms with van der Waals surface area (Å²) in [6.07, 6.45) is 1.28. The zero-order chi connectivity index (χ0) is 12.1. The van der Waals surface area contributed by atoms with Gasteiger partial charge in [-0.1, -0.05) is 36.8 Å². The van der Waals surface area contributed by atoms with Gasteiger partial charge in [0, 0.05) is 19.6 Å². The predicted octanol–water partition coefficient (Wildman–Crippen LogP) is 2.39. The average Bonchev–Trinajstić information content (AvgIpc) is 2.57. The largest absolute Gasteiger partial charge is 0.315 e. The first kappa shape index (κ1) is 12.6. The number of benzene rings is 1. The van der Waals surface area contributed by atoms with E-state index in [1.165, 1.54) is 43.7 Å². The molecule has 1 aromatic carbocycles. The van der Waals surface area contributed by atoms with Crippen molar-refractivity contribution in [3.63, 3.8) is 0 Å². The molecule has 0 saturated carbocycles. The van der Waals surface area contributed by atoms with Gasteiger partial charge in [-0.25, -0.2) is 0 Å². The summed E-state index contributed by atoms with van der Waals surface area (Å²) in [5, 5.41) is 3.46. The Morgan fingerprint density at radius 1 is 1.29 bits per heavy atom. The standard InChI is InChI=1S/C15H24N2/c1-13-5-3-6-15(11-13)14(2)12-17-9-4-7-16-8-10-17/h3,5-6,11,14,16H,4,7-10,12H2,1-2H3. The fourth-order valence-electron chi connectivity index (χ4n) is 2.55. The lowest BCUT2D eigenvalue weighted by Gasteiger charge is -2.24. The molecule has 0 bridgehead atoms. The maximum Gasteiger partial charge on any atom is 0.0107 e. The Balaban J connectivity index is 1.93. The van der Waals surface area contributed by atoms with E-state index in [0.29, 0.717) is 5.92 Å². The minimum absolute atomic E-state index is 0.632. The van der Waals surface area contributed by atoms with Crippen LogP contribution in [0.5, 0.6) is 0 Å². The number of rotatable bonds is 3. The summed E-state index contributed by atoms with van der Waals surface area (Å²) in [7, 11) is 0. The van der Waals surface area contributed by atoms with Crippen LogP contribution in [0.25, 0.3) is 0 Å². The summed E-state index contributed by atoms with van der Waals surface area (Å²) < 4.78 is 0. The molecule has 1 heterocycles. The molecule has 1 saturated heterocycles. The van der Waals surface area contributed by atoms with E-state index in [1.54, 1.807) is 0 Å². The molecule has 1 fully saturated rings. The van der Waals surface area contributed by atoms with E-state index >= 15 is 0 Å². The van der Waals surface area contributed by atoms with Gasteiger partial charge in [-0.15, -0.1) is 0 Å². The highest BCUT2D eigenvalue weighted by Crippen LogP contribution is 2.18. The van der Waals surface area contributed by atoms with Gasteiger partial charge in [0.15, 0.2) is 0 Å². The Hall–Kier alpha value is -0.860. The van der Waals surface area contributed by atoms with Gasteiger partial charge in [-0.2, -0.15) is 0 Å². The molecule has 94 valence electrons. The van der Waals surface area contributed by atoms with Crippen LogP contribution in [0.1, 0.15) is 30.4 Å². The minimum atomic E-state index is 0.632. The summed E-state index contributed by atoms with van der Waals surface area (Å²) in [5.41, 5.74) is 2.84. The number of nitrogens with zero attached hydrogens (tertiary/aromatic N) is 1. The number of aryl methyl sites for hydroxylation is 1. The van der Waals surface area contributed by atoms with E-state index in [9.17, 15) is 0 Å². The van der Waals surface area contributed by atoms with Gasteiger partial charge in [0.05, 0.1) is 0 Å². The molecular formula is C15H24N2. The third-order valence-electron chi connectivity index (χ3n) is 3.58. The molecular weight excluding hydrogens is 208 g/mol. The van der Waals surface area contributed by atoms with Crippen LogP contribution in [-0.2, 0) is 0 Å². The highest BCUT2D eigenvalue weighted by Gasteiger charge is 2.13. The quantitative estimate of drug-likeness (QED) is 0.861. The fraction of sp³-hybridized carbons (Fsp3) is 0.600. The zero-order valence-electron chi connectivity index (χ0n) is 11.1. The molecule has 0 radical (unpaired) electrons. The van der Waals surface area contributed by atoms with Crippen LogP contribution in [-0.4, -0.2) is 37.6 Å². The van der Waals surface area contributed by atoms with Crippen molar-refractivity contribution in [2.24, 2.45) is 0 Å². The number of hydrogen-bond donors (Lipinski definition) is 1. The monoisotopic (exact) mass is 232 g/mol. The van der Waals surface area contributed by atoms with Crippen LogP contribution in [0.2, 0.25) is 0 Å². The third-order valence-corrected chi connectivity index (χ3v) is 3.58. The molecule has 1 aliphatic heterocycles. The molecule has 1 aromatic rings. The van der Waals surface area contributed by atoms with Crippen molar-refractivity contribution in [3.05, 3.63) is 35.4 Å². The lowest BCUT2D eigenvalue weighted by atomic mass is 9.99. The molecule has 2 heteroatoms.